The SMILES string of the molecule is Cc1cnc(NC2COC2)nc1-c1sc2c(c1C)C(=O)N(Cc1ccc(F)c(F)c1)C21COC1. The number of aryl methyl sites for hydroxylation is 1. The molecule has 0 radical (unpaired) electrons. The van der Waals surface area contributed by atoms with Gasteiger partial charge in [-0.3, -0.25) is 4.79 Å². The summed E-state index contributed by atoms with van der Waals surface area (Å²) in [5.41, 5.74) is 3.17. The maximum atomic E-state index is 13.8. The molecular weight excluding hydrogens is 462 g/mol. The Morgan fingerprint density at radius 3 is 2.65 bits per heavy atom. The van der Waals surface area contributed by atoms with Crippen molar-refractivity contribution in [1.29, 1.82) is 0 Å². The zero-order valence-corrected chi connectivity index (χ0v) is 19.5. The Morgan fingerprint density at radius 2 is 2.00 bits per heavy atom. The van der Waals surface area contributed by atoms with Crippen LogP contribution in [0.1, 0.15) is 31.9 Å². The molecule has 7 nitrogen and oxygen atoms in total. The van der Waals surface area contributed by atoms with E-state index in [0.29, 0.717) is 43.5 Å². The largest absolute Gasteiger partial charge is 0.377 e. The summed E-state index contributed by atoms with van der Waals surface area (Å²) < 4.78 is 38.0. The van der Waals surface area contributed by atoms with Crippen LogP contribution in [0.15, 0.2) is 24.4 Å². The first kappa shape index (κ1) is 21.6. The lowest BCUT2D eigenvalue weighted by molar-refractivity contribution is -0.126. The van der Waals surface area contributed by atoms with Crippen molar-refractivity contribution in [3.05, 3.63) is 63.2 Å². The standard InChI is InChI=1S/C24H22F2N4O3S/c1-12-6-27-23(28-15-8-32-9-15)29-19(12)20-13(2)18-21(34-20)24(10-33-11-24)30(22(18)31)7-14-3-4-16(25)17(26)5-14/h3-6,15H,7-11H2,1-2H3,(H,27,28,29). The molecule has 1 spiro atoms. The zero-order chi connectivity index (χ0) is 23.6. The summed E-state index contributed by atoms with van der Waals surface area (Å²) >= 11 is 1.55. The normalized spacial score (nSPS) is 18.7. The minimum atomic E-state index is -0.923. The number of fused-ring (bicyclic) bond motifs is 2. The van der Waals surface area contributed by atoms with Gasteiger partial charge in [-0.2, -0.15) is 0 Å². The molecule has 176 valence electrons. The number of rotatable bonds is 5. The average Bonchev–Trinajstić information content (AvgIpc) is 3.21. The summed E-state index contributed by atoms with van der Waals surface area (Å²) in [5.74, 6) is -1.42. The second-order valence-electron chi connectivity index (χ2n) is 9.03. The Balaban J connectivity index is 1.37. The molecule has 1 amide bonds. The molecule has 0 atom stereocenters. The lowest BCUT2D eigenvalue weighted by atomic mass is 9.94. The first-order chi connectivity index (χ1) is 16.4. The van der Waals surface area contributed by atoms with Gasteiger partial charge in [-0.1, -0.05) is 6.07 Å². The molecule has 6 rings (SSSR count). The number of benzene rings is 1. The van der Waals surface area contributed by atoms with Crippen LogP contribution in [-0.4, -0.2) is 53.2 Å². The summed E-state index contributed by atoms with van der Waals surface area (Å²) in [6, 6.07) is 3.95. The predicted molar refractivity (Wildman–Crippen MR) is 122 cm³/mol. The van der Waals surface area contributed by atoms with E-state index in [1.807, 2.05) is 13.8 Å². The Morgan fingerprint density at radius 1 is 1.21 bits per heavy atom. The minimum absolute atomic E-state index is 0.125. The molecule has 2 fully saturated rings. The van der Waals surface area contributed by atoms with Crippen molar-refractivity contribution >= 4 is 23.2 Å². The number of ether oxygens (including phenoxy) is 2. The number of aromatic nitrogens is 2. The summed E-state index contributed by atoms with van der Waals surface area (Å²) in [7, 11) is 0. The number of carbonyl (C=O) groups excluding carboxylic acids is 1. The molecule has 0 unspecified atom stereocenters. The molecule has 3 aliphatic heterocycles. The molecule has 2 saturated heterocycles. The quantitative estimate of drug-likeness (QED) is 0.594. The van der Waals surface area contributed by atoms with Gasteiger partial charge in [0, 0.05) is 17.6 Å². The first-order valence-electron chi connectivity index (χ1n) is 11.0. The van der Waals surface area contributed by atoms with Crippen molar-refractivity contribution in [3.8, 4) is 10.6 Å². The van der Waals surface area contributed by atoms with Gasteiger partial charge in [-0.15, -0.1) is 11.3 Å². The van der Waals surface area contributed by atoms with Crippen molar-refractivity contribution in [2.45, 2.75) is 32.0 Å². The van der Waals surface area contributed by atoms with Gasteiger partial charge in [0.15, 0.2) is 11.6 Å². The van der Waals surface area contributed by atoms with Gasteiger partial charge >= 0.3 is 0 Å². The highest BCUT2D eigenvalue weighted by Gasteiger charge is 2.57. The van der Waals surface area contributed by atoms with E-state index in [9.17, 15) is 13.6 Å². The van der Waals surface area contributed by atoms with Crippen LogP contribution >= 0.6 is 11.3 Å². The van der Waals surface area contributed by atoms with E-state index in [0.717, 1.165) is 38.7 Å². The lowest BCUT2D eigenvalue weighted by Gasteiger charge is -2.45. The van der Waals surface area contributed by atoms with Crippen LogP contribution in [0.5, 0.6) is 0 Å². The van der Waals surface area contributed by atoms with Crippen molar-refractivity contribution < 1.29 is 23.0 Å². The van der Waals surface area contributed by atoms with E-state index < -0.39 is 17.2 Å². The number of thiophene rings is 1. The fourth-order valence-electron chi connectivity index (χ4n) is 4.65. The van der Waals surface area contributed by atoms with Crippen LogP contribution in [0.25, 0.3) is 10.6 Å². The van der Waals surface area contributed by atoms with Crippen LogP contribution in [0.4, 0.5) is 14.7 Å². The molecule has 0 saturated carbocycles. The van der Waals surface area contributed by atoms with Gasteiger partial charge in [0.25, 0.3) is 5.91 Å². The van der Waals surface area contributed by atoms with Gasteiger partial charge in [-0.25, -0.2) is 18.7 Å². The van der Waals surface area contributed by atoms with Crippen LogP contribution in [0.2, 0.25) is 0 Å². The van der Waals surface area contributed by atoms with Crippen LogP contribution in [-0.2, 0) is 21.6 Å². The number of hydrogen-bond acceptors (Lipinski definition) is 7. The Labute approximate surface area is 198 Å². The van der Waals surface area contributed by atoms with E-state index in [1.165, 1.54) is 6.07 Å². The molecule has 3 aromatic rings. The Bertz CT molecular complexity index is 1320. The van der Waals surface area contributed by atoms with Crippen LogP contribution in [0, 0.1) is 25.5 Å². The lowest BCUT2D eigenvalue weighted by Crippen LogP contribution is -2.56. The highest BCUT2D eigenvalue weighted by Crippen LogP contribution is 2.52. The highest BCUT2D eigenvalue weighted by molar-refractivity contribution is 7.16. The second-order valence-corrected chi connectivity index (χ2v) is 10.0. The molecule has 2 aromatic heterocycles. The molecule has 10 heteroatoms. The van der Waals surface area contributed by atoms with E-state index in [-0.39, 0.29) is 18.5 Å². The third-order valence-corrected chi connectivity index (χ3v) is 8.20. The van der Waals surface area contributed by atoms with Gasteiger partial charge < -0.3 is 19.7 Å². The number of carbonyl (C=O) groups is 1. The number of nitrogens with zero attached hydrogens (tertiary/aromatic N) is 3. The average molecular weight is 485 g/mol. The fourth-order valence-corrected chi connectivity index (χ4v) is 6.17. The molecule has 1 N–H and O–H groups in total. The van der Waals surface area contributed by atoms with Gasteiger partial charge in [-0.05, 0) is 42.7 Å². The number of amides is 1. The molecule has 3 aliphatic rings. The maximum absolute atomic E-state index is 13.8. The van der Waals surface area contributed by atoms with E-state index in [2.05, 4.69) is 10.3 Å². The van der Waals surface area contributed by atoms with Gasteiger partial charge in [0.1, 0.15) is 5.54 Å². The fraction of sp³-hybridized carbons (Fsp3) is 0.375. The summed E-state index contributed by atoms with van der Waals surface area (Å²) in [6.45, 7) is 6.06. The molecule has 5 heterocycles. The third kappa shape index (κ3) is 3.16. The molecule has 1 aromatic carbocycles. The van der Waals surface area contributed by atoms with Crippen LogP contribution < -0.4 is 5.32 Å². The third-order valence-electron chi connectivity index (χ3n) is 6.71. The van der Waals surface area contributed by atoms with Gasteiger partial charge in [0.05, 0.1) is 48.6 Å². The molecular formula is C24H22F2N4O3S. The van der Waals surface area contributed by atoms with Gasteiger partial charge in [0.2, 0.25) is 5.95 Å². The van der Waals surface area contributed by atoms with Crippen molar-refractivity contribution in [1.82, 2.24) is 14.9 Å². The number of nitrogens with one attached hydrogen (secondary N) is 1. The van der Waals surface area contributed by atoms with E-state index in [4.69, 9.17) is 14.5 Å². The van der Waals surface area contributed by atoms with Crippen molar-refractivity contribution in [2.75, 3.05) is 31.7 Å². The monoisotopic (exact) mass is 484 g/mol. The van der Waals surface area contributed by atoms with Crippen molar-refractivity contribution in [3.63, 3.8) is 0 Å². The number of halogens is 2. The predicted octanol–water partition coefficient (Wildman–Crippen LogP) is 3.79. The number of anilines is 1. The Hall–Kier alpha value is -2.95. The van der Waals surface area contributed by atoms with Crippen LogP contribution in [0.3, 0.4) is 0 Å². The minimum Gasteiger partial charge on any atom is -0.377 e. The summed E-state index contributed by atoms with van der Waals surface area (Å²) in [4.78, 5) is 26.4. The number of hydrogen-bond donors (Lipinski definition) is 1. The molecule has 0 aliphatic carbocycles. The molecule has 0 bridgehead atoms. The molecule has 34 heavy (non-hydrogen) atoms. The maximum Gasteiger partial charge on any atom is 0.256 e. The van der Waals surface area contributed by atoms with E-state index in [1.54, 1.807) is 22.4 Å². The second kappa shape index (κ2) is 7.79. The highest BCUT2D eigenvalue weighted by atomic mass is 32.1. The summed E-state index contributed by atoms with van der Waals surface area (Å²) in [6.07, 6.45) is 1.79. The smallest absolute Gasteiger partial charge is 0.256 e. The van der Waals surface area contributed by atoms with E-state index >= 15 is 0 Å². The zero-order valence-electron chi connectivity index (χ0n) is 18.7. The van der Waals surface area contributed by atoms with Crippen molar-refractivity contribution in [2.24, 2.45) is 0 Å². The Kier molecular flexibility index (Phi) is 4.94. The summed E-state index contributed by atoms with van der Waals surface area (Å²) in [5, 5.41) is 3.28. The topological polar surface area (TPSA) is 76.6 Å². The first-order valence-corrected chi connectivity index (χ1v) is 11.8.